The standard InChI is InChI=1S/C23H26N4O6/c1-23(2,3)33-22(30)26-13-15(11-18(26)21(28)29)32-19-12-20(27-9-5-8-24-27)25-17-10-14(31-4)6-7-16(17)19/h5-10,12,15,18H,11,13H2,1-4H3,(H,28,29)/t15-,18+/m1/s1. The number of carboxylic acids is 1. The molecule has 0 aliphatic carbocycles. The number of rotatable bonds is 5. The highest BCUT2D eigenvalue weighted by molar-refractivity contribution is 5.87. The first-order valence-corrected chi connectivity index (χ1v) is 10.5. The lowest BCUT2D eigenvalue weighted by molar-refractivity contribution is -0.142. The first-order valence-electron chi connectivity index (χ1n) is 10.5. The number of carboxylic acid groups (broad SMARTS) is 1. The fraction of sp³-hybridized carbons (Fsp3) is 0.391. The molecule has 1 aromatic carbocycles. The van der Waals surface area contributed by atoms with Gasteiger partial charge >= 0.3 is 12.1 Å². The van der Waals surface area contributed by atoms with Crippen molar-refractivity contribution in [3.8, 4) is 17.3 Å². The summed E-state index contributed by atoms with van der Waals surface area (Å²) >= 11 is 0. The number of amides is 1. The van der Waals surface area contributed by atoms with Crippen molar-refractivity contribution in [2.75, 3.05) is 13.7 Å². The third-order valence-electron chi connectivity index (χ3n) is 5.17. The van der Waals surface area contributed by atoms with E-state index in [-0.39, 0.29) is 13.0 Å². The van der Waals surface area contributed by atoms with E-state index < -0.39 is 29.8 Å². The predicted octanol–water partition coefficient (Wildman–Crippen LogP) is 3.27. The van der Waals surface area contributed by atoms with Crippen molar-refractivity contribution in [2.45, 2.75) is 44.9 Å². The topological polar surface area (TPSA) is 116 Å². The highest BCUT2D eigenvalue weighted by atomic mass is 16.6. The lowest BCUT2D eigenvalue weighted by atomic mass is 10.1. The number of carbonyl (C=O) groups is 2. The van der Waals surface area contributed by atoms with Crippen LogP contribution in [0.5, 0.6) is 11.5 Å². The largest absolute Gasteiger partial charge is 0.497 e. The second kappa shape index (κ2) is 8.61. The Morgan fingerprint density at radius 2 is 2.00 bits per heavy atom. The Morgan fingerprint density at radius 1 is 1.21 bits per heavy atom. The van der Waals surface area contributed by atoms with Crippen molar-refractivity contribution in [2.24, 2.45) is 0 Å². The van der Waals surface area contributed by atoms with Crippen LogP contribution in [0.2, 0.25) is 0 Å². The number of carbonyl (C=O) groups excluding carboxylic acids is 1. The fourth-order valence-electron chi connectivity index (χ4n) is 3.73. The molecule has 1 aliphatic heterocycles. The van der Waals surface area contributed by atoms with Crippen LogP contribution in [0.15, 0.2) is 42.7 Å². The summed E-state index contributed by atoms with van der Waals surface area (Å²) in [4.78, 5) is 30.3. The summed E-state index contributed by atoms with van der Waals surface area (Å²) < 4.78 is 18.6. The lowest BCUT2D eigenvalue weighted by Gasteiger charge is -2.26. The van der Waals surface area contributed by atoms with Crippen LogP contribution in [0.3, 0.4) is 0 Å². The average Bonchev–Trinajstić information content (AvgIpc) is 3.42. The molecule has 10 nitrogen and oxygen atoms in total. The zero-order valence-electron chi connectivity index (χ0n) is 18.9. The Balaban J connectivity index is 1.66. The van der Waals surface area contributed by atoms with Crippen LogP contribution in [-0.4, -0.2) is 68.2 Å². The summed E-state index contributed by atoms with van der Waals surface area (Å²) in [7, 11) is 1.58. The molecule has 2 aromatic heterocycles. The number of nitrogens with zero attached hydrogens (tertiary/aromatic N) is 4. The monoisotopic (exact) mass is 454 g/mol. The van der Waals surface area contributed by atoms with Crippen molar-refractivity contribution in [3.63, 3.8) is 0 Å². The second-order valence-corrected chi connectivity index (χ2v) is 8.77. The van der Waals surface area contributed by atoms with Crippen molar-refractivity contribution in [1.82, 2.24) is 19.7 Å². The van der Waals surface area contributed by atoms with Gasteiger partial charge in [-0.05, 0) is 39.0 Å². The van der Waals surface area contributed by atoms with Gasteiger partial charge in [0.1, 0.15) is 29.2 Å². The Hall–Kier alpha value is -3.82. The molecule has 0 bridgehead atoms. The SMILES string of the molecule is COc1ccc2c(O[C@@H]3C[C@@H](C(=O)O)N(C(=O)OC(C)(C)C)C3)cc(-n3cccn3)nc2c1. The molecule has 0 spiro atoms. The highest BCUT2D eigenvalue weighted by Gasteiger charge is 2.42. The first kappa shape index (κ1) is 22.4. The summed E-state index contributed by atoms with van der Waals surface area (Å²) in [5.41, 5.74) is -0.105. The number of benzene rings is 1. The Bertz CT molecular complexity index is 1170. The zero-order chi connectivity index (χ0) is 23.8. The van der Waals surface area contributed by atoms with Crippen LogP contribution >= 0.6 is 0 Å². The Labute approximate surface area is 190 Å². The molecule has 1 N–H and O–H groups in total. The van der Waals surface area contributed by atoms with Crippen LogP contribution in [0.4, 0.5) is 4.79 Å². The van der Waals surface area contributed by atoms with E-state index in [1.54, 1.807) is 69.2 Å². The predicted molar refractivity (Wildman–Crippen MR) is 119 cm³/mol. The van der Waals surface area contributed by atoms with Gasteiger partial charge in [0.25, 0.3) is 0 Å². The van der Waals surface area contributed by atoms with Gasteiger partial charge in [0.2, 0.25) is 0 Å². The summed E-state index contributed by atoms with van der Waals surface area (Å²) in [5.74, 6) is 0.579. The number of pyridine rings is 1. The number of aliphatic carboxylic acids is 1. The number of hydrogen-bond donors (Lipinski definition) is 1. The van der Waals surface area contributed by atoms with Gasteiger partial charge in [-0.2, -0.15) is 5.10 Å². The minimum atomic E-state index is -1.10. The molecule has 174 valence electrons. The number of aromatic nitrogens is 3. The van der Waals surface area contributed by atoms with Crippen molar-refractivity contribution >= 4 is 23.0 Å². The molecule has 33 heavy (non-hydrogen) atoms. The molecule has 1 amide bonds. The third kappa shape index (κ3) is 4.84. The summed E-state index contributed by atoms with van der Waals surface area (Å²) in [6.45, 7) is 5.29. The molecular formula is C23H26N4O6. The van der Waals surface area contributed by atoms with Crippen LogP contribution in [0, 0.1) is 0 Å². The quantitative estimate of drug-likeness (QED) is 0.624. The fourth-order valence-corrected chi connectivity index (χ4v) is 3.73. The van der Waals surface area contributed by atoms with E-state index in [1.807, 2.05) is 6.07 Å². The maximum Gasteiger partial charge on any atom is 0.411 e. The summed E-state index contributed by atoms with van der Waals surface area (Å²) in [6, 6.07) is 7.91. The molecule has 1 aliphatic rings. The Kier molecular flexibility index (Phi) is 5.84. The molecule has 10 heteroatoms. The molecule has 4 rings (SSSR count). The first-order chi connectivity index (χ1) is 15.6. The van der Waals surface area contributed by atoms with Gasteiger partial charge in [-0.1, -0.05) is 0 Å². The van der Waals surface area contributed by atoms with E-state index in [1.165, 1.54) is 4.90 Å². The van der Waals surface area contributed by atoms with Gasteiger partial charge in [-0.15, -0.1) is 0 Å². The van der Waals surface area contributed by atoms with Crippen molar-refractivity contribution in [3.05, 3.63) is 42.7 Å². The maximum absolute atomic E-state index is 12.6. The third-order valence-corrected chi connectivity index (χ3v) is 5.17. The van der Waals surface area contributed by atoms with Gasteiger partial charge in [0.05, 0.1) is 19.2 Å². The Morgan fingerprint density at radius 3 is 2.64 bits per heavy atom. The van der Waals surface area contributed by atoms with E-state index in [9.17, 15) is 14.7 Å². The van der Waals surface area contributed by atoms with Gasteiger partial charge < -0.3 is 19.3 Å². The van der Waals surface area contributed by atoms with Crippen LogP contribution in [0.1, 0.15) is 27.2 Å². The molecule has 1 fully saturated rings. The number of likely N-dealkylation sites (tertiary alicyclic amines) is 1. The van der Waals surface area contributed by atoms with E-state index >= 15 is 0 Å². The molecule has 3 aromatic rings. The van der Waals surface area contributed by atoms with Crippen LogP contribution in [-0.2, 0) is 9.53 Å². The number of fused-ring (bicyclic) bond motifs is 1. The molecule has 0 unspecified atom stereocenters. The van der Waals surface area contributed by atoms with Crippen molar-refractivity contribution < 1.29 is 28.9 Å². The van der Waals surface area contributed by atoms with Crippen LogP contribution in [0.25, 0.3) is 16.7 Å². The highest BCUT2D eigenvalue weighted by Crippen LogP contribution is 2.33. The minimum Gasteiger partial charge on any atom is -0.497 e. The van der Waals surface area contributed by atoms with E-state index in [0.717, 1.165) is 5.39 Å². The maximum atomic E-state index is 12.6. The average molecular weight is 454 g/mol. The number of ether oxygens (including phenoxy) is 3. The van der Waals surface area contributed by atoms with Gasteiger partial charge in [-0.3, -0.25) is 4.90 Å². The normalized spacial score (nSPS) is 18.4. The van der Waals surface area contributed by atoms with E-state index in [4.69, 9.17) is 14.2 Å². The zero-order valence-corrected chi connectivity index (χ0v) is 18.9. The number of hydrogen-bond acceptors (Lipinski definition) is 7. The van der Waals surface area contributed by atoms with Crippen LogP contribution < -0.4 is 9.47 Å². The molecular weight excluding hydrogens is 428 g/mol. The molecule has 1 saturated heterocycles. The summed E-state index contributed by atoms with van der Waals surface area (Å²) in [6.07, 6.45) is 2.31. The summed E-state index contributed by atoms with van der Waals surface area (Å²) in [5, 5.41) is 14.6. The van der Waals surface area contributed by atoms with Gasteiger partial charge in [-0.25, -0.2) is 19.3 Å². The van der Waals surface area contributed by atoms with Gasteiger partial charge in [0.15, 0.2) is 5.82 Å². The smallest absolute Gasteiger partial charge is 0.411 e. The molecule has 0 saturated carbocycles. The van der Waals surface area contributed by atoms with Gasteiger partial charge in [0, 0.05) is 36.3 Å². The number of methoxy groups -OCH3 is 1. The van der Waals surface area contributed by atoms with E-state index in [2.05, 4.69) is 10.1 Å². The molecule has 0 radical (unpaired) electrons. The van der Waals surface area contributed by atoms with E-state index in [0.29, 0.717) is 22.8 Å². The minimum absolute atomic E-state index is 0.0863. The molecule has 2 atom stereocenters. The molecule has 3 heterocycles. The second-order valence-electron chi connectivity index (χ2n) is 8.77. The lowest BCUT2D eigenvalue weighted by Crippen LogP contribution is -2.43. The van der Waals surface area contributed by atoms with Crippen molar-refractivity contribution in [1.29, 1.82) is 0 Å².